The van der Waals surface area contributed by atoms with E-state index in [1.165, 1.54) is 37.7 Å². The Bertz CT molecular complexity index is 863. The Labute approximate surface area is 182 Å². The van der Waals surface area contributed by atoms with E-state index in [0.29, 0.717) is 5.92 Å². The highest BCUT2D eigenvalue weighted by Crippen LogP contribution is 2.67. The van der Waals surface area contributed by atoms with Crippen molar-refractivity contribution >= 4 is 0 Å². The molecule has 0 spiro atoms. The van der Waals surface area contributed by atoms with Crippen molar-refractivity contribution in [3.05, 3.63) is 47.1 Å². The van der Waals surface area contributed by atoms with Crippen LogP contribution in [0.1, 0.15) is 85.0 Å². The lowest BCUT2D eigenvalue weighted by atomic mass is 9.61. The van der Waals surface area contributed by atoms with Gasteiger partial charge in [-0.05, 0) is 94.1 Å². The topological polar surface area (TPSA) is 40.5 Å². The van der Waals surface area contributed by atoms with Crippen LogP contribution < -0.4 is 0 Å². The van der Waals surface area contributed by atoms with Crippen LogP contribution in [-0.2, 0) is 0 Å². The molecule has 2 nitrogen and oxygen atoms in total. The van der Waals surface area contributed by atoms with Gasteiger partial charge in [0.25, 0.3) is 0 Å². The number of fused-ring (bicyclic) bond motifs is 1. The molecule has 0 aromatic rings. The van der Waals surface area contributed by atoms with Crippen LogP contribution in [0, 0.1) is 28.6 Å². The molecule has 2 heteroatoms. The van der Waals surface area contributed by atoms with Crippen LogP contribution in [0.5, 0.6) is 0 Å². The van der Waals surface area contributed by atoms with Crippen molar-refractivity contribution in [2.45, 2.75) is 96.7 Å². The lowest BCUT2D eigenvalue weighted by Gasteiger charge is -2.43. The lowest BCUT2D eigenvalue weighted by Crippen LogP contribution is -2.33. The molecule has 30 heavy (non-hydrogen) atoms. The summed E-state index contributed by atoms with van der Waals surface area (Å²) in [6, 6.07) is 0. The predicted molar refractivity (Wildman–Crippen MR) is 124 cm³/mol. The minimum Gasteiger partial charge on any atom is -0.388 e. The molecular weight excluding hydrogens is 368 g/mol. The van der Waals surface area contributed by atoms with Crippen LogP contribution in [0.3, 0.4) is 0 Å². The molecule has 0 bridgehead atoms. The van der Waals surface area contributed by atoms with Gasteiger partial charge in [0.2, 0.25) is 0 Å². The number of hydrogen-bond acceptors (Lipinski definition) is 2. The number of aliphatic hydroxyl groups excluding tert-OH is 1. The average Bonchev–Trinajstić information content (AvgIpc) is 3.35. The van der Waals surface area contributed by atoms with E-state index in [2.05, 4.69) is 43.6 Å². The third-order valence-corrected chi connectivity index (χ3v) is 8.03. The molecule has 162 valence electrons. The Kier molecular flexibility index (Phi) is 5.67. The van der Waals surface area contributed by atoms with Gasteiger partial charge in [-0.15, -0.1) is 0 Å². The van der Waals surface area contributed by atoms with Crippen LogP contribution in [0.2, 0.25) is 0 Å². The highest BCUT2D eigenvalue weighted by Gasteiger charge is 2.56. The first-order valence-corrected chi connectivity index (χ1v) is 11.9. The zero-order valence-corrected chi connectivity index (χ0v) is 19.1. The van der Waals surface area contributed by atoms with Crippen molar-refractivity contribution in [1.29, 1.82) is 0 Å². The zero-order valence-electron chi connectivity index (χ0n) is 19.1. The summed E-state index contributed by atoms with van der Waals surface area (Å²) in [4.78, 5) is 0. The van der Waals surface area contributed by atoms with Crippen molar-refractivity contribution in [3.8, 4) is 11.8 Å². The van der Waals surface area contributed by atoms with Crippen LogP contribution in [0.15, 0.2) is 47.1 Å². The third-order valence-electron chi connectivity index (χ3n) is 8.03. The minimum atomic E-state index is -0.905. The molecule has 0 aromatic carbocycles. The number of hydrogen-bond donors (Lipinski definition) is 2. The van der Waals surface area contributed by atoms with Crippen molar-refractivity contribution in [2.75, 3.05) is 0 Å². The van der Waals surface area contributed by atoms with Gasteiger partial charge in [0.05, 0.1) is 6.10 Å². The van der Waals surface area contributed by atoms with Gasteiger partial charge in [-0.2, -0.15) is 0 Å². The summed E-state index contributed by atoms with van der Waals surface area (Å²) in [5.41, 5.74) is 4.99. The maximum Gasteiger partial charge on any atom is 0.119 e. The summed E-state index contributed by atoms with van der Waals surface area (Å²) in [6.07, 6.45) is 17.9. The Morgan fingerprint density at radius 2 is 1.97 bits per heavy atom. The first-order chi connectivity index (χ1) is 14.1. The van der Waals surface area contributed by atoms with E-state index in [4.69, 9.17) is 0 Å². The van der Waals surface area contributed by atoms with Crippen molar-refractivity contribution < 1.29 is 10.2 Å². The van der Waals surface area contributed by atoms with Gasteiger partial charge in [-0.1, -0.05) is 54.7 Å². The normalized spacial score (nSPS) is 35.6. The monoisotopic (exact) mass is 406 g/mol. The van der Waals surface area contributed by atoms with Crippen molar-refractivity contribution in [2.24, 2.45) is 16.7 Å². The van der Waals surface area contributed by atoms with E-state index in [1.54, 1.807) is 25.0 Å². The van der Waals surface area contributed by atoms with Crippen LogP contribution in [0.4, 0.5) is 0 Å². The zero-order chi connectivity index (χ0) is 21.6. The molecule has 0 saturated heterocycles. The molecule has 3 fully saturated rings. The van der Waals surface area contributed by atoms with E-state index >= 15 is 0 Å². The third kappa shape index (κ3) is 4.12. The first kappa shape index (κ1) is 21.7. The fourth-order valence-corrected chi connectivity index (χ4v) is 6.20. The standard InChI is InChI=1S/C28H38O2/c1-20-21(8-5-10-24(20)29)11-12-22-9-6-16-27(4)23(22)13-14-25(27)28(18-19-28)17-7-15-26(2,3)30/h11-12,14,23-24,29-30H,1,5-6,8-10,13,16-19H2,2-4H3/b21-11-,22-12+. The molecule has 4 rings (SSSR count). The second kappa shape index (κ2) is 7.85. The van der Waals surface area contributed by atoms with Crippen molar-refractivity contribution in [1.82, 2.24) is 0 Å². The molecular formula is C28H38O2. The number of aliphatic hydroxyl groups is 2. The first-order valence-electron chi connectivity index (χ1n) is 11.9. The summed E-state index contributed by atoms with van der Waals surface area (Å²) >= 11 is 0. The number of allylic oxidation sites excluding steroid dienone is 5. The second-order valence-electron chi connectivity index (χ2n) is 10.9. The highest BCUT2D eigenvalue weighted by atomic mass is 16.3. The predicted octanol–water partition coefficient (Wildman–Crippen LogP) is 6.02. The molecule has 0 aromatic heterocycles. The summed E-state index contributed by atoms with van der Waals surface area (Å²) < 4.78 is 0. The van der Waals surface area contributed by atoms with E-state index in [9.17, 15) is 10.2 Å². The fraction of sp³-hybridized carbons (Fsp3) is 0.643. The molecule has 4 aliphatic rings. The molecule has 0 heterocycles. The quantitative estimate of drug-likeness (QED) is 0.444. The van der Waals surface area contributed by atoms with E-state index in [-0.39, 0.29) is 16.9 Å². The van der Waals surface area contributed by atoms with Gasteiger partial charge in [-0.3, -0.25) is 0 Å². The van der Waals surface area contributed by atoms with Gasteiger partial charge >= 0.3 is 0 Å². The van der Waals surface area contributed by atoms with Gasteiger partial charge < -0.3 is 10.2 Å². The summed E-state index contributed by atoms with van der Waals surface area (Å²) in [6.45, 7) is 10.1. The van der Waals surface area contributed by atoms with Crippen LogP contribution in [0.25, 0.3) is 0 Å². The van der Waals surface area contributed by atoms with Crippen molar-refractivity contribution in [3.63, 3.8) is 0 Å². The lowest BCUT2D eigenvalue weighted by molar-refractivity contribution is 0.143. The smallest absolute Gasteiger partial charge is 0.119 e. The van der Waals surface area contributed by atoms with E-state index < -0.39 is 5.60 Å². The highest BCUT2D eigenvalue weighted by molar-refractivity contribution is 5.42. The summed E-state index contributed by atoms with van der Waals surface area (Å²) in [5.74, 6) is 6.93. The molecule has 2 N–H and O–H groups in total. The largest absolute Gasteiger partial charge is 0.388 e. The minimum absolute atomic E-state index is 0.249. The molecule has 4 aliphatic carbocycles. The molecule has 0 amide bonds. The molecule has 0 radical (unpaired) electrons. The van der Waals surface area contributed by atoms with Crippen LogP contribution >= 0.6 is 0 Å². The van der Waals surface area contributed by atoms with Gasteiger partial charge in [0.1, 0.15) is 5.60 Å². The molecule has 0 aliphatic heterocycles. The van der Waals surface area contributed by atoms with E-state index in [0.717, 1.165) is 37.7 Å². The summed E-state index contributed by atoms with van der Waals surface area (Å²) in [7, 11) is 0. The number of rotatable bonds is 3. The second-order valence-corrected chi connectivity index (χ2v) is 10.9. The van der Waals surface area contributed by atoms with Gasteiger partial charge in [0.15, 0.2) is 0 Å². The van der Waals surface area contributed by atoms with Crippen LogP contribution in [-0.4, -0.2) is 21.9 Å². The molecule has 3 saturated carbocycles. The maximum absolute atomic E-state index is 10.1. The Balaban J connectivity index is 1.53. The van der Waals surface area contributed by atoms with Gasteiger partial charge in [0, 0.05) is 11.8 Å². The summed E-state index contributed by atoms with van der Waals surface area (Å²) in [5, 5.41) is 20.1. The van der Waals surface area contributed by atoms with E-state index in [1.807, 2.05) is 0 Å². The Morgan fingerprint density at radius 3 is 2.67 bits per heavy atom. The molecule has 3 unspecified atom stereocenters. The Hall–Kier alpha value is -1.56. The Morgan fingerprint density at radius 1 is 1.20 bits per heavy atom. The maximum atomic E-state index is 10.1. The van der Waals surface area contributed by atoms with Gasteiger partial charge in [-0.25, -0.2) is 0 Å². The fourth-order valence-electron chi connectivity index (χ4n) is 6.20. The average molecular weight is 407 g/mol. The molecule has 3 atom stereocenters. The SMILES string of the molecule is C=C1/C(=C\C=C2/CCCC3(C)C(C4(CC#CC(C)(C)O)CC4)=CCC23)CCCC1O.